The van der Waals surface area contributed by atoms with Gasteiger partial charge in [0.15, 0.2) is 11.0 Å². The van der Waals surface area contributed by atoms with E-state index in [9.17, 15) is 0 Å². The summed E-state index contributed by atoms with van der Waals surface area (Å²) in [7, 11) is 0. The molecule has 0 aliphatic heterocycles. The second-order valence-corrected chi connectivity index (χ2v) is 8.70. The highest BCUT2D eigenvalue weighted by Crippen LogP contribution is 2.32. The molecule has 3 heterocycles. The Morgan fingerprint density at radius 3 is 2.58 bits per heavy atom. The van der Waals surface area contributed by atoms with Crippen LogP contribution in [0.4, 0.5) is 0 Å². The van der Waals surface area contributed by atoms with Crippen LogP contribution in [0.15, 0.2) is 46.9 Å². The Morgan fingerprint density at radius 2 is 1.92 bits per heavy atom. The van der Waals surface area contributed by atoms with E-state index in [2.05, 4.69) is 55.5 Å². The first kappa shape index (κ1) is 17.7. The van der Waals surface area contributed by atoms with Crippen LogP contribution in [0.2, 0.25) is 4.34 Å². The maximum atomic E-state index is 6.05. The van der Waals surface area contributed by atoms with Gasteiger partial charge in [0.05, 0.1) is 9.21 Å². The summed E-state index contributed by atoms with van der Waals surface area (Å²) in [5, 5.41) is 15.7. The van der Waals surface area contributed by atoms with Gasteiger partial charge in [0, 0.05) is 23.2 Å². The van der Waals surface area contributed by atoms with Crippen molar-refractivity contribution < 1.29 is 0 Å². The van der Waals surface area contributed by atoms with Crippen LogP contribution in [0, 0.1) is 0 Å². The molecule has 0 aliphatic carbocycles. The van der Waals surface area contributed by atoms with Gasteiger partial charge in [-0.15, -0.1) is 26.6 Å². The topological polar surface area (TPSA) is 56.5 Å². The third kappa shape index (κ3) is 3.68. The van der Waals surface area contributed by atoms with Crippen molar-refractivity contribution in [1.82, 2.24) is 24.4 Å². The zero-order chi connectivity index (χ0) is 17.9. The number of nitrogens with zero attached hydrogens (tertiary/aromatic N) is 5. The minimum atomic E-state index is 0.759. The van der Waals surface area contributed by atoms with Crippen molar-refractivity contribution >= 4 is 46.2 Å². The highest BCUT2D eigenvalue weighted by atomic mass is 35.5. The van der Waals surface area contributed by atoms with Gasteiger partial charge in [0.2, 0.25) is 0 Å². The normalized spacial score (nSPS) is 11.2. The summed E-state index contributed by atoms with van der Waals surface area (Å²) in [4.78, 5) is 1.04. The molecule has 0 atom stereocenters. The quantitative estimate of drug-likeness (QED) is 0.387. The molecule has 0 fully saturated rings. The fourth-order valence-electron chi connectivity index (χ4n) is 2.51. The molecule has 4 aromatic rings. The van der Waals surface area contributed by atoms with Crippen molar-refractivity contribution in [1.29, 1.82) is 0 Å². The monoisotopic (exact) mass is 419 g/mol. The molecule has 0 N–H and O–H groups in total. The number of halogens is 1. The van der Waals surface area contributed by atoms with Gasteiger partial charge in [-0.25, -0.2) is 0 Å². The average Bonchev–Trinajstić information content (AvgIpc) is 3.40. The van der Waals surface area contributed by atoms with E-state index in [-0.39, 0.29) is 0 Å². The molecule has 132 valence electrons. The number of thioether (sulfide) groups is 1. The van der Waals surface area contributed by atoms with Crippen LogP contribution in [0.3, 0.4) is 0 Å². The van der Waals surface area contributed by atoms with Crippen LogP contribution in [-0.2, 0) is 12.3 Å². The molecule has 3 aromatic heterocycles. The van der Waals surface area contributed by atoms with Gasteiger partial charge >= 0.3 is 0 Å². The minimum absolute atomic E-state index is 0.759. The zero-order valence-corrected chi connectivity index (χ0v) is 17.0. The summed E-state index contributed by atoms with van der Waals surface area (Å²) >= 11 is 10.6. The summed E-state index contributed by atoms with van der Waals surface area (Å²) in [6, 6.07) is 12.3. The predicted octanol–water partition coefficient (Wildman–Crippen LogP) is 5.49. The van der Waals surface area contributed by atoms with E-state index >= 15 is 0 Å². The van der Waals surface area contributed by atoms with E-state index in [0.717, 1.165) is 43.7 Å². The molecule has 26 heavy (non-hydrogen) atoms. The van der Waals surface area contributed by atoms with Crippen molar-refractivity contribution in [3.8, 4) is 22.0 Å². The number of hydrogen-bond donors (Lipinski definition) is 0. The smallest absolute Gasteiger partial charge is 0.191 e. The van der Waals surface area contributed by atoms with Gasteiger partial charge in [0.25, 0.3) is 0 Å². The van der Waals surface area contributed by atoms with Crippen molar-refractivity contribution in [3.05, 3.63) is 51.7 Å². The number of hydrogen-bond acceptors (Lipinski definition) is 7. The van der Waals surface area contributed by atoms with Crippen molar-refractivity contribution in [2.24, 2.45) is 0 Å². The predicted molar refractivity (Wildman–Crippen MR) is 109 cm³/mol. The largest absolute Gasteiger partial charge is 0.302 e. The molecule has 0 bridgehead atoms. The first-order chi connectivity index (χ1) is 12.7. The van der Waals surface area contributed by atoms with Crippen LogP contribution in [0.5, 0.6) is 0 Å². The van der Waals surface area contributed by atoms with E-state index in [1.807, 2.05) is 17.5 Å². The standard InChI is InChI=1S/C17H14ClN5S3/c1-2-23-16(14-7-8-15(18)26-14)20-21-17(23)24-9-11-3-5-12(6-4-11)13-10-25-22-19-13/h3-8,10H,2,9H2,1H3. The maximum absolute atomic E-state index is 6.05. The molecule has 1 aromatic carbocycles. The molecule has 0 saturated carbocycles. The Morgan fingerprint density at radius 1 is 1.08 bits per heavy atom. The van der Waals surface area contributed by atoms with Crippen LogP contribution in [0.1, 0.15) is 12.5 Å². The molecule has 0 spiro atoms. The first-order valence-corrected chi connectivity index (χ1v) is 10.9. The zero-order valence-electron chi connectivity index (χ0n) is 13.8. The average molecular weight is 420 g/mol. The second-order valence-electron chi connectivity index (χ2n) is 5.43. The van der Waals surface area contributed by atoms with Crippen LogP contribution in [-0.4, -0.2) is 24.4 Å². The van der Waals surface area contributed by atoms with Crippen LogP contribution < -0.4 is 0 Å². The minimum Gasteiger partial charge on any atom is -0.302 e. The van der Waals surface area contributed by atoms with Gasteiger partial charge in [-0.2, -0.15) is 0 Å². The number of aromatic nitrogens is 5. The molecular formula is C17H14ClN5S3. The van der Waals surface area contributed by atoms with Crippen molar-refractivity contribution in [3.63, 3.8) is 0 Å². The molecule has 0 saturated heterocycles. The fraction of sp³-hybridized carbons (Fsp3) is 0.176. The fourth-order valence-corrected chi connectivity index (χ4v) is 4.97. The first-order valence-electron chi connectivity index (χ1n) is 7.92. The summed E-state index contributed by atoms with van der Waals surface area (Å²) in [6.07, 6.45) is 0. The lowest BCUT2D eigenvalue weighted by atomic mass is 10.1. The van der Waals surface area contributed by atoms with Gasteiger partial charge in [0.1, 0.15) is 5.69 Å². The maximum Gasteiger partial charge on any atom is 0.191 e. The highest BCUT2D eigenvalue weighted by Gasteiger charge is 2.15. The van der Waals surface area contributed by atoms with E-state index in [4.69, 9.17) is 11.6 Å². The van der Waals surface area contributed by atoms with Crippen LogP contribution in [0.25, 0.3) is 22.0 Å². The molecule has 9 heteroatoms. The Balaban J connectivity index is 1.49. The Hall–Kier alpha value is -1.74. The molecule has 0 unspecified atom stereocenters. The second kappa shape index (κ2) is 7.87. The van der Waals surface area contributed by atoms with E-state index in [1.54, 1.807) is 11.8 Å². The van der Waals surface area contributed by atoms with E-state index in [1.165, 1.54) is 28.4 Å². The molecule has 5 nitrogen and oxygen atoms in total. The number of rotatable bonds is 6. The van der Waals surface area contributed by atoms with E-state index in [0.29, 0.717) is 0 Å². The Labute approximate surface area is 168 Å². The lowest BCUT2D eigenvalue weighted by molar-refractivity contribution is 0.688. The van der Waals surface area contributed by atoms with Gasteiger partial charge in [-0.1, -0.05) is 52.1 Å². The van der Waals surface area contributed by atoms with Crippen LogP contribution >= 0.6 is 46.2 Å². The third-order valence-electron chi connectivity index (χ3n) is 3.80. The Bertz CT molecular complexity index is 992. The van der Waals surface area contributed by atoms with Gasteiger partial charge in [-0.05, 0) is 36.2 Å². The molecule has 0 amide bonds. The van der Waals surface area contributed by atoms with Gasteiger partial charge in [-0.3, -0.25) is 0 Å². The van der Waals surface area contributed by atoms with Crippen molar-refractivity contribution in [2.45, 2.75) is 24.4 Å². The highest BCUT2D eigenvalue weighted by molar-refractivity contribution is 7.98. The lowest BCUT2D eigenvalue weighted by Gasteiger charge is -2.06. The number of benzene rings is 1. The third-order valence-corrected chi connectivity index (χ3v) is 6.57. The SMILES string of the molecule is CCn1c(SCc2ccc(-c3csnn3)cc2)nnc1-c1ccc(Cl)s1. The lowest BCUT2D eigenvalue weighted by Crippen LogP contribution is -1.99. The van der Waals surface area contributed by atoms with E-state index < -0.39 is 0 Å². The van der Waals surface area contributed by atoms with Gasteiger partial charge < -0.3 is 4.57 Å². The summed E-state index contributed by atoms with van der Waals surface area (Å²) in [5.41, 5.74) is 3.23. The number of thiophene rings is 1. The summed E-state index contributed by atoms with van der Waals surface area (Å²) < 4.78 is 6.79. The molecule has 0 radical (unpaired) electrons. The molecule has 4 rings (SSSR count). The Kier molecular flexibility index (Phi) is 5.35. The van der Waals surface area contributed by atoms with Crippen molar-refractivity contribution in [2.75, 3.05) is 0 Å². The summed E-state index contributed by atoms with van der Waals surface area (Å²) in [6.45, 7) is 2.92. The molecule has 0 aliphatic rings. The molecular weight excluding hydrogens is 406 g/mol. The summed E-state index contributed by atoms with van der Waals surface area (Å²) in [5.74, 6) is 1.71.